The van der Waals surface area contributed by atoms with Gasteiger partial charge in [0.15, 0.2) is 0 Å². The van der Waals surface area contributed by atoms with Crippen LogP contribution in [0.2, 0.25) is 0 Å². The number of nitrogens with one attached hydrogen (secondary N) is 4. The molecule has 9 nitrogen and oxygen atoms in total. The highest BCUT2D eigenvalue weighted by atomic mass is 32.2. The van der Waals surface area contributed by atoms with E-state index in [0.717, 1.165) is 5.56 Å². The average molecular weight is 521 g/mol. The summed E-state index contributed by atoms with van der Waals surface area (Å²) in [5.74, 6) is -0.702. The van der Waals surface area contributed by atoms with E-state index in [2.05, 4.69) is 30.6 Å². The number of hydrogen-bond acceptors (Lipinski definition) is 7. The van der Waals surface area contributed by atoms with Crippen molar-refractivity contribution in [1.29, 1.82) is 0 Å². The standard InChI is InChI=1S/C23H23F3N6O3S/c1-13(2)36(34,35)32-19-6-4-3-5-14(19)11-27-21-17(23(24,25)26)12-28-22(31-21)29-16-7-8-18-15(9-16)10-20(33)30-18/h3-9,12-13,32H,10-11H2,1-2H3,(H,30,33)(H2,27,28,29,31). The number of carbonyl (C=O) groups is 1. The fourth-order valence-electron chi connectivity index (χ4n) is 3.44. The molecule has 1 aromatic heterocycles. The van der Waals surface area contributed by atoms with Crippen molar-refractivity contribution in [1.82, 2.24) is 9.97 Å². The minimum atomic E-state index is -4.72. The monoisotopic (exact) mass is 520 g/mol. The van der Waals surface area contributed by atoms with E-state index >= 15 is 0 Å². The number of para-hydroxylation sites is 1. The van der Waals surface area contributed by atoms with Gasteiger partial charge in [-0.15, -0.1) is 0 Å². The highest BCUT2D eigenvalue weighted by molar-refractivity contribution is 7.93. The van der Waals surface area contributed by atoms with Gasteiger partial charge < -0.3 is 16.0 Å². The lowest BCUT2D eigenvalue weighted by Gasteiger charge is -2.17. The topological polar surface area (TPSA) is 125 Å². The lowest BCUT2D eigenvalue weighted by atomic mass is 10.1. The molecule has 0 spiro atoms. The smallest absolute Gasteiger partial charge is 0.365 e. The number of sulfonamides is 1. The summed E-state index contributed by atoms with van der Waals surface area (Å²) in [6.07, 6.45) is -3.85. The first-order valence-corrected chi connectivity index (χ1v) is 12.4. The molecule has 0 aliphatic carbocycles. The fraction of sp³-hybridized carbons (Fsp3) is 0.261. The van der Waals surface area contributed by atoms with Gasteiger partial charge in [0, 0.05) is 24.1 Å². The summed E-state index contributed by atoms with van der Waals surface area (Å²) in [4.78, 5) is 19.4. The van der Waals surface area contributed by atoms with E-state index in [1.165, 1.54) is 19.9 Å². The quantitative estimate of drug-likeness (QED) is 0.345. The highest BCUT2D eigenvalue weighted by Crippen LogP contribution is 2.35. The molecule has 13 heteroatoms. The maximum absolute atomic E-state index is 13.6. The molecular formula is C23H23F3N6O3S. The van der Waals surface area contributed by atoms with Crippen LogP contribution in [0.25, 0.3) is 0 Å². The van der Waals surface area contributed by atoms with Crippen molar-refractivity contribution in [2.45, 2.75) is 38.2 Å². The summed E-state index contributed by atoms with van der Waals surface area (Å²) < 4.78 is 68.0. The molecule has 1 aliphatic rings. The number of amides is 1. The Morgan fingerprint density at radius 3 is 2.61 bits per heavy atom. The van der Waals surface area contributed by atoms with Crippen LogP contribution in [-0.2, 0) is 34.0 Å². The minimum absolute atomic E-state index is 0.0865. The Morgan fingerprint density at radius 1 is 1.14 bits per heavy atom. The van der Waals surface area contributed by atoms with Crippen LogP contribution in [0.15, 0.2) is 48.7 Å². The number of nitrogens with zero attached hydrogens (tertiary/aromatic N) is 2. The number of hydrogen-bond donors (Lipinski definition) is 4. The van der Waals surface area contributed by atoms with Crippen molar-refractivity contribution in [3.8, 4) is 0 Å². The van der Waals surface area contributed by atoms with Gasteiger partial charge in [0.25, 0.3) is 0 Å². The summed E-state index contributed by atoms with van der Waals surface area (Å²) in [7, 11) is -3.66. The zero-order valence-electron chi connectivity index (χ0n) is 19.3. The number of aromatic nitrogens is 2. The lowest BCUT2D eigenvalue weighted by molar-refractivity contribution is -0.137. The first-order chi connectivity index (χ1) is 16.9. The molecule has 0 saturated heterocycles. The molecule has 0 radical (unpaired) electrons. The second-order valence-corrected chi connectivity index (χ2v) is 10.6. The van der Waals surface area contributed by atoms with Gasteiger partial charge in [-0.25, -0.2) is 13.4 Å². The normalized spacial score (nSPS) is 13.3. The number of halogens is 3. The predicted octanol–water partition coefficient (Wildman–Crippen LogP) is 4.50. The molecule has 1 amide bonds. The Hall–Kier alpha value is -3.87. The molecule has 4 rings (SSSR count). The third kappa shape index (κ3) is 5.67. The molecule has 3 aromatic rings. The van der Waals surface area contributed by atoms with E-state index in [1.807, 2.05) is 0 Å². The molecule has 0 unspecified atom stereocenters. The zero-order valence-corrected chi connectivity index (χ0v) is 20.1. The summed E-state index contributed by atoms with van der Waals surface area (Å²) in [6.45, 7) is 2.90. The van der Waals surface area contributed by atoms with Crippen LogP contribution in [0.5, 0.6) is 0 Å². The van der Waals surface area contributed by atoms with Crippen LogP contribution in [0.3, 0.4) is 0 Å². The number of fused-ring (bicyclic) bond motifs is 1. The highest BCUT2D eigenvalue weighted by Gasteiger charge is 2.35. The Labute approximate surface area is 205 Å². The first-order valence-electron chi connectivity index (χ1n) is 10.9. The Bertz CT molecular complexity index is 1410. The third-order valence-corrected chi connectivity index (χ3v) is 7.16. The molecule has 0 atom stereocenters. The average Bonchev–Trinajstić information content (AvgIpc) is 3.17. The lowest BCUT2D eigenvalue weighted by Crippen LogP contribution is -2.23. The second-order valence-electron chi connectivity index (χ2n) is 8.38. The fourth-order valence-corrected chi connectivity index (χ4v) is 4.19. The van der Waals surface area contributed by atoms with Crippen LogP contribution in [0.1, 0.15) is 30.5 Å². The van der Waals surface area contributed by atoms with Gasteiger partial charge in [0.1, 0.15) is 11.4 Å². The van der Waals surface area contributed by atoms with E-state index < -0.39 is 32.8 Å². The maximum atomic E-state index is 13.6. The van der Waals surface area contributed by atoms with Crippen LogP contribution in [-0.4, -0.2) is 29.5 Å². The van der Waals surface area contributed by atoms with Crippen molar-refractivity contribution >= 4 is 44.8 Å². The number of carbonyl (C=O) groups excluding carboxylic acids is 1. The van der Waals surface area contributed by atoms with Crippen LogP contribution >= 0.6 is 0 Å². The maximum Gasteiger partial charge on any atom is 0.421 e. The van der Waals surface area contributed by atoms with Gasteiger partial charge in [-0.3, -0.25) is 9.52 Å². The van der Waals surface area contributed by atoms with Gasteiger partial charge in [-0.05, 0) is 49.2 Å². The number of anilines is 5. The molecule has 4 N–H and O–H groups in total. The summed E-state index contributed by atoms with van der Waals surface area (Å²) >= 11 is 0. The Kier molecular flexibility index (Phi) is 6.76. The molecule has 2 heterocycles. The van der Waals surface area contributed by atoms with Gasteiger partial charge >= 0.3 is 6.18 Å². The van der Waals surface area contributed by atoms with E-state index in [0.29, 0.717) is 23.1 Å². The molecule has 190 valence electrons. The summed E-state index contributed by atoms with van der Waals surface area (Å²) in [5.41, 5.74) is 1.53. The molecule has 2 aromatic carbocycles. The Morgan fingerprint density at radius 2 is 1.89 bits per heavy atom. The zero-order chi connectivity index (χ0) is 26.1. The van der Waals surface area contributed by atoms with Crippen molar-refractivity contribution in [3.63, 3.8) is 0 Å². The molecule has 1 aliphatic heterocycles. The van der Waals surface area contributed by atoms with E-state index in [1.54, 1.807) is 36.4 Å². The minimum Gasteiger partial charge on any atom is -0.365 e. The summed E-state index contributed by atoms with van der Waals surface area (Å²) in [5, 5.41) is 7.53. The molecule has 36 heavy (non-hydrogen) atoms. The van der Waals surface area contributed by atoms with E-state index in [9.17, 15) is 26.4 Å². The third-order valence-electron chi connectivity index (χ3n) is 5.42. The SMILES string of the molecule is CC(C)S(=O)(=O)Nc1ccccc1CNc1nc(Nc2ccc3c(c2)CC(=O)N3)ncc1C(F)(F)F. The predicted molar refractivity (Wildman–Crippen MR) is 131 cm³/mol. The first kappa shape index (κ1) is 25.2. The van der Waals surface area contributed by atoms with Gasteiger partial charge in [0.2, 0.25) is 21.9 Å². The number of benzene rings is 2. The second kappa shape index (κ2) is 9.64. The molecule has 0 saturated carbocycles. The van der Waals surface area contributed by atoms with Crippen LogP contribution < -0.4 is 20.7 Å². The summed E-state index contributed by atoms with van der Waals surface area (Å²) in [6, 6.07) is 11.4. The van der Waals surface area contributed by atoms with Crippen LogP contribution in [0, 0.1) is 0 Å². The van der Waals surface area contributed by atoms with Gasteiger partial charge in [-0.1, -0.05) is 18.2 Å². The number of alkyl halides is 3. The van der Waals surface area contributed by atoms with Crippen molar-refractivity contribution in [3.05, 3.63) is 65.4 Å². The van der Waals surface area contributed by atoms with Crippen molar-refractivity contribution in [2.75, 3.05) is 20.7 Å². The van der Waals surface area contributed by atoms with Crippen molar-refractivity contribution in [2.24, 2.45) is 0 Å². The molecule has 0 bridgehead atoms. The Balaban J connectivity index is 1.58. The number of rotatable bonds is 8. The van der Waals surface area contributed by atoms with Gasteiger partial charge in [-0.2, -0.15) is 18.2 Å². The van der Waals surface area contributed by atoms with Crippen LogP contribution in [0.4, 0.5) is 42.0 Å². The molecule has 0 fully saturated rings. The van der Waals surface area contributed by atoms with Crippen molar-refractivity contribution < 1.29 is 26.4 Å². The molecular weight excluding hydrogens is 497 g/mol. The van der Waals surface area contributed by atoms with E-state index in [-0.39, 0.29) is 30.5 Å². The largest absolute Gasteiger partial charge is 0.421 e. The van der Waals surface area contributed by atoms with Gasteiger partial charge in [0.05, 0.1) is 17.4 Å². The van der Waals surface area contributed by atoms with E-state index in [4.69, 9.17) is 0 Å².